The first kappa shape index (κ1) is 25.9. The minimum atomic E-state index is -0.499. The van der Waals surface area contributed by atoms with Crippen LogP contribution in [0.5, 0.6) is 11.5 Å². The maximum Gasteiger partial charge on any atom is 0.266 e. The van der Waals surface area contributed by atoms with E-state index in [-0.39, 0.29) is 5.57 Å². The van der Waals surface area contributed by atoms with Crippen LogP contribution in [0.4, 0.5) is 5.69 Å². The Morgan fingerprint density at radius 2 is 1.69 bits per heavy atom. The first-order chi connectivity index (χ1) is 16.8. The smallest absolute Gasteiger partial charge is 0.266 e. The molecule has 0 saturated heterocycles. The van der Waals surface area contributed by atoms with Crippen molar-refractivity contribution in [2.45, 2.75) is 40.7 Å². The van der Waals surface area contributed by atoms with E-state index in [4.69, 9.17) is 21.1 Å². The van der Waals surface area contributed by atoms with Gasteiger partial charge in [0.25, 0.3) is 5.91 Å². The molecule has 180 valence electrons. The van der Waals surface area contributed by atoms with E-state index in [0.29, 0.717) is 41.0 Å². The van der Waals surface area contributed by atoms with E-state index in [2.05, 4.69) is 30.4 Å². The molecule has 6 heteroatoms. The number of anilines is 1. The van der Waals surface area contributed by atoms with E-state index in [9.17, 15) is 10.1 Å². The largest absolute Gasteiger partial charge is 0.490 e. The third kappa shape index (κ3) is 7.11. The van der Waals surface area contributed by atoms with Gasteiger partial charge in [0.1, 0.15) is 18.2 Å². The van der Waals surface area contributed by atoms with Gasteiger partial charge in [-0.1, -0.05) is 60.0 Å². The van der Waals surface area contributed by atoms with Gasteiger partial charge in [-0.3, -0.25) is 4.79 Å². The highest BCUT2D eigenvalue weighted by atomic mass is 35.5. The summed E-state index contributed by atoms with van der Waals surface area (Å²) in [5.74, 6) is 0.369. The highest BCUT2D eigenvalue weighted by Gasteiger charge is 2.15. The summed E-state index contributed by atoms with van der Waals surface area (Å²) >= 11 is 6.55. The molecular weight excluding hydrogens is 460 g/mol. The predicted molar refractivity (Wildman–Crippen MR) is 141 cm³/mol. The lowest BCUT2D eigenvalue weighted by molar-refractivity contribution is -0.112. The van der Waals surface area contributed by atoms with E-state index in [1.807, 2.05) is 51.1 Å². The second-order valence-electron chi connectivity index (χ2n) is 8.22. The number of ether oxygens (including phenoxy) is 2. The molecule has 1 N–H and O–H groups in total. The molecule has 0 bridgehead atoms. The average molecular weight is 489 g/mol. The van der Waals surface area contributed by atoms with Crippen LogP contribution >= 0.6 is 11.6 Å². The first-order valence-corrected chi connectivity index (χ1v) is 11.9. The highest BCUT2D eigenvalue weighted by molar-refractivity contribution is 6.32. The van der Waals surface area contributed by atoms with Gasteiger partial charge in [0, 0.05) is 5.69 Å². The summed E-state index contributed by atoms with van der Waals surface area (Å²) in [6.45, 7) is 8.75. The maximum absolute atomic E-state index is 12.7. The van der Waals surface area contributed by atoms with Crippen LogP contribution in [-0.4, -0.2) is 12.5 Å². The minimum Gasteiger partial charge on any atom is -0.490 e. The van der Waals surface area contributed by atoms with Crippen molar-refractivity contribution < 1.29 is 14.3 Å². The molecule has 35 heavy (non-hydrogen) atoms. The van der Waals surface area contributed by atoms with Crippen LogP contribution in [0.1, 0.15) is 41.7 Å². The number of benzene rings is 3. The molecule has 0 unspecified atom stereocenters. The van der Waals surface area contributed by atoms with Crippen molar-refractivity contribution in [1.82, 2.24) is 0 Å². The Bertz CT molecular complexity index is 1250. The number of carbonyl (C=O) groups excluding carboxylic acids is 1. The maximum atomic E-state index is 12.7. The number of aryl methyl sites for hydroxylation is 3. The zero-order valence-corrected chi connectivity index (χ0v) is 21.2. The molecule has 0 aliphatic rings. The molecule has 0 fully saturated rings. The van der Waals surface area contributed by atoms with Gasteiger partial charge >= 0.3 is 0 Å². The van der Waals surface area contributed by atoms with Crippen molar-refractivity contribution in [2.75, 3.05) is 11.9 Å². The molecule has 3 aromatic carbocycles. The number of nitriles is 1. The summed E-state index contributed by atoms with van der Waals surface area (Å²) < 4.78 is 11.8. The molecule has 0 aromatic heterocycles. The van der Waals surface area contributed by atoms with Gasteiger partial charge in [-0.15, -0.1) is 0 Å². The quantitative estimate of drug-likeness (QED) is 0.259. The number of nitrogens with one attached hydrogen (secondary N) is 1. The number of hydrogen-bond acceptors (Lipinski definition) is 4. The molecule has 0 aliphatic heterocycles. The fourth-order valence-corrected chi connectivity index (χ4v) is 3.99. The van der Waals surface area contributed by atoms with Gasteiger partial charge in [-0.2, -0.15) is 5.26 Å². The molecular formula is C29H29ClN2O3. The summed E-state index contributed by atoms with van der Waals surface area (Å²) in [7, 11) is 0. The molecule has 0 atom stereocenters. The Morgan fingerprint density at radius 1 is 1.00 bits per heavy atom. The Balaban J connectivity index is 1.83. The van der Waals surface area contributed by atoms with E-state index < -0.39 is 5.91 Å². The minimum absolute atomic E-state index is 0.0491. The molecule has 3 rings (SSSR count). The molecule has 0 spiro atoms. The number of rotatable bonds is 9. The Labute approximate surface area is 212 Å². The van der Waals surface area contributed by atoms with Crippen molar-refractivity contribution in [3.8, 4) is 17.6 Å². The number of halogens is 1. The molecule has 5 nitrogen and oxygen atoms in total. The summed E-state index contributed by atoms with van der Waals surface area (Å²) in [5.41, 5.74) is 5.64. The number of carbonyl (C=O) groups is 1. The first-order valence-electron chi connectivity index (χ1n) is 11.5. The van der Waals surface area contributed by atoms with Gasteiger partial charge in [0.15, 0.2) is 11.5 Å². The predicted octanol–water partition coefficient (Wildman–Crippen LogP) is 7.04. The second kappa shape index (κ2) is 12.1. The van der Waals surface area contributed by atoms with Crippen LogP contribution in [0.25, 0.3) is 6.08 Å². The summed E-state index contributed by atoms with van der Waals surface area (Å²) in [4.78, 5) is 12.7. The van der Waals surface area contributed by atoms with Gasteiger partial charge in [0.05, 0.1) is 11.6 Å². The van der Waals surface area contributed by atoms with Crippen molar-refractivity contribution in [3.05, 3.63) is 93.0 Å². The number of amides is 1. The fourth-order valence-electron chi connectivity index (χ4n) is 3.72. The number of nitrogens with zero attached hydrogens (tertiary/aromatic N) is 1. The molecule has 3 aromatic rings. The average Bonchev–Trinajstić information content (AvgIpc) is 2.82. The van der Waals surface area contributed by atoms with Gasteiger partial charge in [-0.25, -0.2) is 0 Å². The van der Waals surface area contributed by atoms with E-state index >= 15 is 0 Å². The van der Waals surface area contributed by atoms with Gasteiger partial charge in [-0.05, 0) is 74.2 Å². The SMILES string of the molecule is CCOc1cc(/C=C(\C#N)C(=O)Nc2ccc(CC)cc2)cc(Cl)c1OCc1cc(C)cc(C)c1. The van der Waals surface area contributed by atoms with Gasteiger partial charge < -0.3 is 14.8 Å². The molecule has 1 amide bonds. The summed E-state index contributed by atoms with van der Waals surface area (Å²) in [6.07, 6.45) is 2.39. The van der Waals surface area contributed by atoms with Crippen LogP contribution < -0.4 is 14.8 Å². The number of hydrogen-bond donors (Lipinski definition) is 1. The lowest BCUT2D eigenvalue weighted by Crippen LogP contribution is -2.13. The third-order valence-corrected chi connectivity index (χ3v) is 5.57. The topological polar surface area (TPSA) is 71.3 Å². The normalized spacial score (nSPS) is 11.0. The monoisotopic (exact) mass is 488 g/mol. The van der Waals surface area contributed by atoms with E-state index in [0.717, 1.165) is 28.7 Å². The summed E-state index contributed by atoms with van der Waals surface area (Å²) in [6, 6.07) is 19.1. The Morgan fingerprint density at radius 3 is 2.29 bits per heavy atom. The highest BCUT2D eigenvalue weighted by Crippen LogP contribution is 2.38. The van der Waals surface area contributed by atoms with Crippen LogP contribution in [0.2, 0.25) is 5.02 Å². The molecule has 0 radical (unpaired) electrons. The second-order valence-corrected chi connectivity index (χ2v) is 8.63. The zero-order valence-electron chi connectivity index (χ0n) is 20.4. The molecule has 0 aliphatic carbocycles. The molecule has 0 saturated carbocycles. The van der Waals surface area contributed by atoms with E-state index in [1.165, 1.54) is 6.08 Å². The van der Waals surface area contributed by atoms with Crippen molar-refractivity contribution in [1.29, 1.82) is 5.26 Å². The van der Waals surface area contributed by atoms with Crippen molar-refractivity contribution in [3.63, 3.8) is 0 Å². The fraction of sp³-hybridized carbons (Fsp3) is 0.241. The van der Waals surface area contributed by atoms with Crippen LogP contribution in [0.15, 0.2) is 60.2 Å². The van der Waals surface area contributed by atoms with Crippen molar-refractivity contribution in [2.24, 2.45) is 0 Å². The summed E-state index contributed by atoms with van der Waals surface area (Å²) in [5, 5.41) is 12.7. The standard InChI is InChI=1S/C29H29ClN2O3/c1-5-21-7-9-25(10-8-21)32-29(33)24(17-31)14-22-15-26(30)28(27(16-22)34-6-2)35-18-23-12-19(3)11-20(4)13-23/h7-16H,5-6,18H2,1-4H3,(H,32,33)/b24-14+. The molecule has 0 heterocycles. The lowest BCUT2D eigenvalue weighted by atomic mass is 10.1. The zero-order chi connectivity index (χ0) is 25.4. The van der Waals surface area contributed by atoms with Crippen LogP contribution in [-0.2, 0) is 17.8 Å². The lowest BCUT2D eigenvalue weighted by Gasteiger charge is -2.15. The Hall–Kier alpha value is -3.75. The van der Waals surface area contributed by atoms with Crippen LogP contribution in [0.3, 0.4) is 0 Å². The third-order valence-electron chi connectivity index (χ3n) is 5.29. The van der Waals surface area contributed by atoms with Gasteiger partial charge in [0.2, 0.25) is 0 Å². The van der Waals surface area contributed by atoms with Crippen LogP contribution in [0, 0.1) is 25.2 Å². The Kier molecular flexibility index (Phi) is 8.94. The van der Waals surface area contributed by atoms with E-state index in [1.54, 1.807) is 12.1 Å². The van der Waals surface area contributed by atoms with Crippen molar-refractivity contribution >= 4 is 29.3 Å².